The second-order valence-electron chi connectivity index (χ2n) is 5.99. The fraction of sp³-hybridized carbons (Fsp3) is 0.688. The third-order valence-electron chi connectivity index (χ3n) is 4.07. The normalized spacial score (nSPS) is 16.2. The number of thiophene rings is 1. The quantitative estimate of drug-likeness (QED) is 0.644. The zero-order valence-corrected chi connectivity index (χ0v) is 15.8. The Bertz CT molecular complexity index is 622. The first kappa shape index (κ1) is 19.4. The molecule has 0 bridgehead atoms. The molecule has 2 rings (SSSR count). The highest BCUT2D eigenvalue weighted by atomic mass is 32.2. The summed E-state index contributed by atoms with van der Waals surface area (Å²) in [5.74, 6) is 0.0444. The van der Waals surface area contributed by atoms with Gasteiger partial charge < -0.3 is 10.6 Å². The van der Waals surface area contributed by atoms with Crippen molar-refractivity contribution in [2.24, 2.45) is 0 Å². The zero-order chi connectivity index (χ0) is 17.4. The lowest BCUT2D eigenvalue weighted by molar-refractivity contribution is -0.121. The monoisotopic (exact) mass is 373 g/mol. The van der Waals surface area contributed by atoms with E-state index in [4.69, 9.17) is 0 Å². The van der Waals surface area contributed by atoms with Crippen LogP contribution in [0.3, 0.4) is 0 Å². The molecule has 2 N–H and O–H groups in total. The molecule has 2 heterocycles. The number of amides is 1. The van der Waals surface area contributed by atoms with Gasteiger partial charge >= 0.3 is 0 Å². The topological polar surface area (TPSA) is 78.5 Å². The molecular formula is C16H27N3O3S2. The Morgan fingerprint density at radius 2 is 1.96 bits per heavy atom. The van der Waals surface area contributed by atoms with Crippen LogP contribution in [0.25, 0.3) is 0 Å². The average molecular weight is 374 g/mol. The molecule has 24 heavy (non-hydrogen) atoms. The van der Waals surface area contributed by atoms with E-state index in [1.165, 1.54) is 11.3 Å². The Labute approximate surface area is 148 Å². The molecule has 0 saturated carbocycles. The summed E-state index contributed by atoms with van der Waals surface area (Å²) in [6.45, 7) is 2.62. The Hall–Kier alpha value is -0.960. The standard InChI is InChI=1S/C16H27N3O3S2/c1-17-10-5-6-15(20)18-11-9-14-7-8-16(23-14)24(21,22)19-12-3-2-4-13-19/h7-8,17H,2-6,9-13H2,1H3,(H,18,20). The molecule has 1 amide bonds. The van der Waals surface area contributed by atoms with Crippen LogP contribution in [0.2, 0.25) is 0 Å². The van der Waals surface area contributed by atoms with Gasteiger partial charge in [0.25, 0.3) is 10.0 Å². The number of rotatable bonds is 9. The van der Waals surface area contributed by atoms with E-state index >= 15 is 0 Å². The molecule has 0 atom stereocenters. The van der Waals surface area contributed by atoms with Crippen molar-refractivity contribution in [2.75, 3.05) is 33.2 Å². The van der Waals surface area contributed by atoms with E-state index in [0.717, 1.165) is 37.1 Å². The fourth-order valence-corrected chi connectivity index (χ4v) is 5.73. The molecule has 1 fully saturated rings. The molecule has 8 heteroatoms. The maximum atomic E-state index is 12.6. The second kappa shape index (κ2) is 9.50. The molecule has 1 saturated heterocycles. The molecule has 0 radical (unpaired) electrons. The number of nitrogens with one attached hydrogen (secondary N) is 2. The van der Waals surface area contributed by atoms with Gasteiger partial charge in [-0.15, -0.1) is 11.3 Å². The van der Waals surface area contributed by atoms with E-state index in [2.05, 4.69) is 10.6 Å². The molecule has 1 aliphatic rings. The summed E-state index contributed by atoms with van der Waals surface area (Å²) in [6, 6.07) is 3.55. The molecule has 0 spiro atoms. The molecule has 0 unspecified atom stereocenters. The van der Waals surface area contributed by atoms with Gasteiger partial charge in [-0.05, 0) is 51.4 Å². The Morgan fingerprint density at radius 1 is 1.21 bits per heavy atom. The van der Waals surface area contributed by atoms with Gasteiger partial charge in [0.15, 0.2) is 0 Å². The molecule has 1 aromatic rings. The lowest BCUT2D eigenvalue weighted by Crippen LogP contribution is -2.35. The summed E-state index contributed by atoms with van der Waals surface area (Å²) in [5, 5.41) is 5.89. The number of nitrogens with zero attached hydrogens (tertiary/aromatic N) is 1. The van der Waals surface area contributed by atoms with Gasteiger partial charge in [0.1, 0.15) is 4.21 Å². The minimum Gasteiger partial charge on any atom is -0.356 e. The highest BCUT2D eigenvalue weighted by Crippen LogP contribution is 2.27. The summed E-state index contributed by atoms with van der Waals surface area (Å²) in [7, 11) is -1.47. The number of carbonyl (C=O) groups is 1. The first-order chi connectivity index (χ1) is 11.5. The number of sulfonamides is 1. The lowest BCUT2D eigenvalue weighted by Gasteiger charge is -2.25. The smallest absolute Gasteiger partial charge is 0.252 e. The molecule has 0 aliphatic carbocycles. The van der Waals surface area contributed by atoms with Crippen molar-refractivity contribution in [2.45, 2.75) is 42.7 Å². The Morgan fingerprint density at radius 3 is 2.67 bits per heavy atom. The highest BCUT2D eigenvalue weighted by Gasteiger charge is 2.27. The third kappa shape index (κ3) is 5.54. The number of hydrogen-bond donors (Lipinski definition) is 2. The minimum absolute atomic E-state index is 0.0444. The van der Waals surface area contributed by atoms with Crippen LogP contribution in [0.1, 0.15) is 37.0 Å². The van der Waals surface area contributed by atoms with Crippen molar-refractivity contribution in [3.63, 3.8) is 0 Å². The summed E-state index contributed by atoms with van der Waals surface area (Å²) < 4.78 is 27.2. The van der Waals surface area contributed by atoms with Crippen molar-refractivity contribution in [3.8, 4) is 0 Å². The Kier molecular flexibility index (Phi) is 7.67. The van der Waals surface area contributed by atoms with Crippen molar-refractivity contribution < 1.29 is 13.2 Å². The van der Waals surface area contributed by atoms with Crippen LogP contribution in [0.4, 0.5) is 0 Å². The summed E-state index contributed by atoms with van der Waals surface area (Å²) in [5.41, 5.74) is 0. The third-order valence-corrected chi connectivity index (χ3v) is 7.58. The van der Waals surface area contributed by atoms with Gasteiger partial charge in [-0.3, -0.25) is 4.79 Å². The van der Waals surface area contributed by atoms with Crippen LogP contribution in [-0.2, 0) is 21.2 Å². The maximum absolute atomic E-state index is 12.6. The van der Waals surface area contributed by atoms with Crippen LogP contribution >= 0.6 is 11.3 Å². The van der Waals surface area contributed by atoms with Gasteiger partial charge in [-0.25, -0.2) is 8.42 Å². The largest absolute Gasteiger partial charge is 0.356 e. The Balaban J connectivity index is 1.81. The van der Waals surface area contributed by atoms with Gasteiger partial charge in [-0.2, -0.15) is 4.31 Å². The van der Waals surface area contributed by atoms with Crippen LogP contribution in [0.15, 0.2) is 16.3 Å². The van der Waals surface area contributed by atoms with Crippen molar-refractivity contribution in [1.82, 2.24) is 14.9 Å². The summed E-state index contributed by atoms with van der Waals surface area (Å²) >= 11 is 1.32. The van der Waals surface area contributed by atoms with Crippen LogP contribution in [-0.4, -0.2) is 51.9 Å². The SMILES string of the molecule is CNCCCC(=O)NCCc1ccc(S(=O)(=O)N2CCCCC2)s1. The maximum Gasteiger partial charge on any atom is 0.252 e. The molecular weight excluding hydrogens is 346 g/mol. The lowest BCUT2D eigenvalue weighted by atomic mass is 10.2. The summed E-state index contributed by atoms with van der Waals surface area (Å²) in [6.07, 6.45) is 4.99. The van der Waals surface area contributed by atoms with Crippen LogP contribution in [0.5, 0.6) is 0 Å². The predicted octanol–water partition coefficient (Wildman–Crippen LogP) is 1.58. The second-order valence-corrected chi connectivity index (χ2v) is 9.33. The average Bonchev–Trinajstić information content (AvgIpc) is 3.06. The van der Waals surface area contributed by atoms with E-state index in [0.29, 0.717) is 36.7 Å². The summed E-state index contributed by atoms with van der Waals surface area (Å²) in [4.78, 5) is 12.6. The molecule has 1 aliphatic heterocycles. The van der Waals surface area contributed by atoms with E-state index < -0.39 is 10.0 Å². The molecule has 1 aromatic heterocycles. The number of hydrogen-bond acceptors (Lipinski definition) is 5. The first-order valence-corrected chi connectivity index (χ1v) is 10.8. The molecule has 136 valence electrons. The molecule has 0 aromatic carbocycles. The predicted molar refractivity (Wildman–Crippen MR) is 96.8 cm³/mol. The van der Waals surface area contributed by atoms with Gasteiger partial charge in [0.05, 0.1) is 0 Å². The van der Waals surface area contributed by atoms with Gasteiger partial charge in [-0.1, -0.05) is 6.42 Å². The minimum atomic E-state index is -3.34. The number of carbonyl (C=O) groups excluding carboxylic acids is 1. The first-order valence-electron chi connectivity index (χ1n) is 8.54. The zero-order valence-electron chi connectivity index (χ0n) is 14.2. The fourth-order valence-electron chi connectivity index (χ4n) is 2.70. The van der Waals surface area contributed by atoms with Crippen molar-refractivity contribution in [3.05, 3.63) is 17.0 Å². The van der Waals surface area contributed by atoms with Crippen molar-refractivity contribution in [1.29, 1.82) is 0 Å². The van der Waals surface area contributed by atoms with Crippen molar-refractivity contribution >= 4 is 27.3 Å². The van der Waals surface area contributed by atoms with Crippen LogP contribution in [0, 0.1) is 0 Å². The number of piperidine rings is 1. The van der Waals surface area contributed by atoms with Gasteiger partial charge in [0, 0.05) is 30.9 Å². The van der Waals surface area contributed by atoms with E-state index in [9.17, 15) is 13.2 Å². The molecule has 6 nitrogen and oxygen atoms in total. The van der Waals surface area contributed by atoms with E-state index in [1.807, 2.05) is 13.1 Å². The van der Waals surface area contributed by atoms with E-state index in [-0.39, 0.29) is 5.91 Å². The highest BCUT2D eigenvalue weighted by molar-refractivity contribution is 7.91. The van der Waals surface area contributed by atoms with Gasteiger partial charge in [0.2, 0.25) is 5.91 Å². The van der Waals surface area contributed by atoms with Crippen LogP contribution < -0.4 is 10.6 Å². The van der Waals surface area contributed by atoms with E-state index in [1.54, 1.807) is 10.4 Å².